The van der Waals surface area contributed by atoms with Crippen LogP contribution in [-0.2, 0) is 13.1 Å². The van der Waals surface area contributed by atoms with Gasteiger partial charge >= 0.3 is 0 Å². The molecular formula is C21H34N2O+2. The molecule has 0 bridgehead atoms. The summed E-state index contributed by atoms with van der Waals surface area (Å²) in [7, 11) is 8.96. The van der Waals surface area contributed by atoms with Crippen LogP contribution >= 0.6 is 0 Å². The molecule has 0 radical (unpaired) electrons. The van der Waals surface area contributed by atoms with Gasteiger partial charge in [-0.15, -0.1) is 0 Å². The zero-order valence-corrected chi connectivity index (χ0v) is 15.8. The smallest absolute Gasteiger partial charge is 0.104 e. The highest BCUT2D eigenvalue weighted by Crippen LogP contribution is 2.18. The molecule has 0 unspecified atom stereocenters. The van der Waals surface area contributed by atoms with Crippen molar-refractivity contribution in [1.82, 2.24) is 0 Å². The molecule has 0 aliphatic heterocycles. The molecule has 1 aromatic carbocycles. The highest BCUT2D eigenvalue weighted by atomic mass is 16.3. The normalized spacial score (nSPS) is 15.0. The first kappa shape index (κ1) is 18.9. The molecule has 24 heavy (non-hydrogen) atoms. The zero-order chi connectivity index (χ0) is 17.6. The molecule has 132 valence electrons. The first-order valence-electron chi connectivity index (χ1n) is 8.97. The van der Waals surface area contributed by atoms with Gasteiger partial charge in [-0.05, 0) is 6.42 Å². The van der Waals surface area contributed by atoms with Gasteiger partial charge in [0.15, 0.2) is 0 Å². The number of aliphatic hydroxyl groups is 1. The van der Waals surface area contributed by atoms with Crippen LogP contribution in [-0.4, -0.2) is 62.0 Å². The minimum absolute atomic E-state index is 0.239. The standard InChI is InChI=1S/C21H34N2O/c1-22(2,14-13-19-7-5-6-8-19)17-20-9-11-21(12-10-20)18-23(3,4)15-16-24/h5-7,9-12,24H,8,13-18H2,1-4H3/q+2. The average molecular weight is 331 g/mol. The first-order chi connectivity index (χ1) is 11.3. The molecular weight excluding hydrogens is 296 g/mol. The maximum atomic E-state index is 9.16. The molecule has 0 aromatic heterocycles. The van der Waals surface area contributed by atoms with E-state index in [-0.39, 0.29) is 6.61 Å². The molecule has 1 N–H and O–H groups in total. The Balaban J connectivity index is 1.87. The summed E-state index contributed by atoms with van der Waals surface area (Å²) in [6, 6.07) is 9.03. The Morgan fingerprint density at radius 3 is 1.88 bits per heavy atom. The van der Waals surface area contributed by atoms with E-state index in [2.05, 4.69) is 70.7 Å². The molecule has 1 aromatic rings. The Labute approximate surface area is 147 Å². The maximum absolute atomic E-state index is 9.16. The molecule has 0 fully saturated rings. The van der Waals surface area contributed by atoms with E-state index in [9.17, 15) is 0 Å². The molecule has 0 amide bonds. The lowest BCUT2D eigenvalue weighted by atomic mass is 10.1. The highest BCUT2D eigenvalue weighted by Gasteiger charge is 2.18. The molecule has 0 saturated carbocycles. The second-order valence-electron chi connectivity index (χ2n) is 8.38. The van der Waals surface area contributed by atoms with Gasteiger partial charge in [0, 0.05) is 17.5 Å². The molecule has 0 spiro atoms. The van der Waals surface area contributed by atoms with Crippen LogP contribution in [0, 0.1) is 0 Å². The van der Waals surface area contributed by atoms with Crippen LogP contribution in [0.4, 0.5) is 0 Å². The monoisotopic (exact) mass is 330 g/mol. The van der Waals surface area contributed by atoms with Crippen molar-refractivity contribution in [1.29, 1.82) is 0 Å². The third-order valence-electron chi connectivity index (χ3n) is 4.84. The average Bonchev–Trinajstić information content (AvgIpc) is 3.00. The predicted octanol–water partition coefficient (Wildman–Crippen LogP) is 3.11. The number of quaternary nitrogens is 2. The van der Waals surface area contributed by atoms with Gasteiger partial charge in [-0.1, -0.05) is 48.1 Å². The maximum Gasteiger partial charge on any atom is 0.104 e. The summed E-state index contributed by atoms with van der Waals surface area (Å²) in [6.45, 7) is 4.23. The van der Waals surface area contributed by atoms with Crippen LogP contribution in [0.25, 0.3) is 0 Å². The van der Waals surface area contributed by atoms with Crippen molar-refractivity contribution in [2.75, 3.05) is 47.9 Å². The zero-order valence-electron chi connectivity index (χ0n) is 15.8. The van der Waals surface area contributed by atoms with Gasteiger partial charge in [0.25, 0.3) is 0 Å². The number of aliphatic hydroxyl groups excluding tert-OH is 1. The second kappa shape index (κ2) is 8.11. The lowest BCUT2D eigenvalue weighted by Crippen LogP contribution is -2.41. The van der Waals surface area contributed by atoms with Crippen molar-refractivity contribution < 1.29 is 14.1 Å². The van der Waals surface area contributed by atoms with Crippen molar-refractivity contribution in [2.24, 2.45) is 0 Å². The van der Waals surface area contributed by atoms with E-state index < -0.39 is 0 Å². The van der Waals surface area contributed by atoms with Gasteiger partial charge in [-0.2, -0.15) is 0 Å². The third kappa shape index (κ3) is 6.23. The van der Waals surface area contributed by atoms with Crippen molar-refractivity contribution in [2.45, 2.75) is 25.9 Å². The fraction of sp³-hybridized carbons (Fsp3) is 0.524. The third-order valence-corrected chi connectivity index (χ3v) is 4.84. The first-order valence-corrected chi connectivity index (χ1v) is 8.97. The van der Waals surface area contributed by atoms with Gasteiger partial charge in [0.1, 0.15) is 19.6 Å². The van der Waals surface area contributed by atoms with Crippen molar-refractivity contribution in [3.8, 4) is 0 Å². The Kier molecular flexibility index (Phi) is 6.39. The molecule has 0 heterocycles. The SMILES string of the molecule is C[N+](C)(CCO)Cc1ccc(C[N+](C)(C)CCC2=CC=CC2)cc1. The molecule has 1 aliphatic rings. The van der Waals surface area contributed by atoms with Crippen molar-refractivity contribution in [3.05, 3.63) is 59.2 Å². The molecule has 3 nitrogen and oxygen atoms in total. The molecule has 0 saturated heterocycles. The van der Waals surface area contributed by atoms with Gasteiger partial charge in [0.05, 0.1) is 41.3 Å². The van der Waals surface area contributed by atoms with Crippen LogP contribution in [0.5, 0.6) is 0 Å². The minimum atomic E-state index is 0.239. The van der Waals surface area contributed by atoms with E-state index >= 15 is 0 Å². The number of benzene rings is 1. The Morgan fingerprint density at radius 2 is 1.42 bits per heavy atom. The van der Waals surface area contributed by atoms with Gasteiger partial charge < -0.3 is 14.1 Å². The molecule has 1 aliphatic carbocycles. The number of allylic oxidation sites excluding steroid dienone is 3. The molecule has 2 rings (SSSR count). The summed E-state index contributed by atoms with van der Waals surface area (Å²) in [5, 5.41) is 9.16. The number of likely N-dealkylation sites (N-methyl/N-ethyl adjacent to an activating group) is 1. The second-order valence-corrected chi connectivity index (χ2v) is 8.38. The summed E-state index contributed by atoms with van der Waals surface area (Å²) in [5.41, 5.74) is 4.29. The van der Waals surface area contributed by atoms with Crippen LogP contribution in [0.2, 0.25) is 0 Å². The van der Waals surface area contributed by atoms with E-state index in [4.69, 9.17) is 5.11 Å². The Morgan fingerprint density at radius 1 is 0.875 bits per heavy atom. The summed E-state index contributed by atoms with van der Waals surface area (Å²) in [4.78, 5) is 0. The largest absolute Gasteiger partial charge is 0.391 e. The van der Waals surface area contributed by atoms with Crippen molar-refractivity contribution in [3.63, 3.8) is 0 Å². The topological polar surface area (TPSA) is 20.2 Å². The molecule has 0 atom stereocenters. The van der Waals surface area contributed by atoms with Gasteiger partial charge in [-0.25, -0.2) is 0 Å². The summed E-state index contributed by atoms with van der Waals surface area (Å²) in [5.74, 6) is 0. The lowest BCUT2D eigenvalue weighted by molar-refractivity contribution is -0.904. The Hall–Kier alpha value is -1.42. The fourth-order valence-electron chi connectivity index (χ4n) is 3.29. The number of hydrogen-bond donors (Lipinski definition) is 1. The summed E-state index contributed by atoms with van der Waals surface area (Å²) < 4.78 is 1.84. The minimum Gasteiger partial charge on any atom is -0.391 e. The predicted molar refractivity (Wildman–Crippen MR) is 101 cm³/mol. The van der Waals surface area contributed by atoms with E-state index in [0.717, 1.165) is 35.0 Å². The lowest BCUT2D eigenvalue weighted by Gasteiger charge is -2.31. The number of nitrogens with zero attached hydrogens (tertiary/aromatic N) is 2. The van der Waals surface area contributed by atoms with E-state index in [0.29, 0.717) is 0 Å². The van der Waals surface area contributed by atoms with Gasteiger partial charge in [-0.3, -0.25) is 0 Å². The van der Waals surface area contributed by atoms with Crippen LogP contribution in [0.1, 0.15) is 24.0 Å². The van der Waals surface area contributed by atoms with E-state index in [1.54, 1.807) is 5.57 Å². The van der Waals surface area contributed by atoms with Crippen molar-refractivity contribution >= 4 is 0 Å². The molecule has 3 heteroatoms. The van der Waals surface area contributed by atoms with Crippen LogP contribution in [0.3, 0.4) is 0 Å². The number of hydrogen-bond acceptors (Lipinski definition) is 1. The fourth-order valence-corrected chi connectivity index (χ4v) is 3.29. The highest BCUT2D eigenvalue weighted by molar-refractivity contribution is 5.23. The van der Waals surface area contributed by atoms with Gasteiger partial charge in [0.2, 0.25) is 0 Å². The Bertz CT molecular complexity index is 582. The van der Waals surface area contributed by atoms with Crippen LogP contribution < -0.4 is 0 Å². The summed E-state index contributed by atoms with van der Waals surface area (Å²) >= 11 is 0. The van der Waals surface area contributed by atoms with Crippen LogP contribution in [0.15, 0.2) is 48.1 Å². The number of rotatable bonds is 9. The quantitative estimate of drug-likeness (QED) is 0.690. The van der Waals surface area contributed by atoms with E-state index in [1.807, 2.05) is 0 Å². The van der Waals surface area contributed by atoms with E-state index in [1.165, 1.54) is 24.1 Å². The summed E-state index contributed by atoms with van der Waals surface area (Å²) in [6.07, 6.45) is 9.00.